The molecule has 2 N–H and O–H groups in total. The van der Waals surface area contributed by atoms with E-state index < -0.39 is 0 Å². The van der Waals surface area contributed by atoms with Gasteiger partial charge in [-0.2, -0.15) is 5.10 Å². The average molecular weight is 415 g/mol. The maximum absolute atomic E-state index is 13.1. The Bertz CT molecular complexity index is 903. The highest BCUT2D eigenvalue weighted by molar-refractivity contribution is 6.30. The topological polar surface area (TPSA) is 92.1 Å². The summed E-state index contributed by atoms with van der Waals surface area (Å²) < 4.78 is 5.58. The number of amides is 2. The van der Waals surface area contributed by atoms with Crippen molar-refractivity contribution in [2.75, 3.05) is 19.6 Å². The average Bonchev–Trinajstić information content (AvgIpc) is 3.39. The Morgan fingerprint density at radius 2 is 1.90 bits per heavy atom. The van der Waals surface area contributed by atoms with E-state index in [4.69, 9.17) is 21.8 Å². The number of furan rings is 1. The molecule has 0 bridgehead atoms. The molecule has 1 saturated heterocycles. The third-order valence-electron chi connectivity index (χ3n) is 5.56. The van der Waals surface area contributed by atoms with Gasteiger partial charge in [0.2, 0.25) is 5.91 Å². The Morgan fingerprint density at radius 1 is 1.17 bits per heavy atom. The monoisotopic (exact) mass is 414 g/mol. The number of nitrogens with zero attached hydrogens (tertiary/aromatic N) is 3. The molecular formula is C21H23ClN4O3. The van der Waals surface area contributed by atoms with Gasteiger partial charge in [0, 0.05) is 17.4 Å². The van der Waals surface area contributed by atoms with Crippen molar-refractivity contribution < 1.29 is 14.0 Å². The molecular weight excluding hydrogens is 392 g/mol. The van der Waals surface area contributed by atoms with Crippen LogP contribution in [0.15, 0.2) is 52.2 Å². The summed E-state index contributed by atoms with van der Waals surface area (Å²) in [5, 5.41) is 6.82. The number of carbonyl (C=O) groups excluding carboxylic acids is 2. The molecule has 1 atom stereocenters. The van der Waals surface area contributed by atoms with Crippen LogP contribution in [0.4, 0.5) is 0 Å². The summed E-state index contributed by atoms with van der Waals surface area (Å²) in [4.78, 5) is 26.5. The molecule has 0 spiro atoms. The van der Waals surface area contributed by atoms with Crippen LogP contribution < -0.4 is 5.73 Å². The quantitative estimate of drug-likeness (QED) is 0.814. The Hall–Kier alpha value is -2.64. The molecule has 0 unspecified atom stereocenters. The second kappa shape index (κ2) is 8.39. The lowest BCUT2D eigenvalue weighted by Crippen LogP contribution is -2.43. The molecule has 1 fully saturated rings. The van der Waals surface area contributed by atoms with Gasteiger partial charge in [-0.15, -0.1) is 0 Å². The second-order valence-corrected chi connectivity index (χ2v) is 7.92. The molecule has 152 valence electrons. The van der Waals surface area contributed by atoms with E-state index in [1.807, 2.05) is 36.4 Å². The number of piperidine rings is 1. The number of rotatable bonds is 5. The first-order valence-corrected chi connectivity index (χ1v) is 10.1. The van der Waals surface area contributed by atoms with Crippen molar-refractivity contribution in [1.29, 1.82) is 0 Å². The highest BCUT2D eigenvalue weighted by atomic mass is 35.5. The molecule has 2 aromatic rings. The zero-order chi connectivity index (χ0) is 20.4. The Labute approximate surface area is 174 Å². The lowest BCUT2D eigenvalue weighted by Gasteiger charge is -2.31. The summed E-state index contributed by atoms with van der Waals surface area (Å²) in [5.41, 5.74) is 7.15. The number of likely N-dealkylation sites (tertiary alicyclic amines) is 1. The molecule has 7 nitrogen and oxygen atoms in total. The van der Waals surface area contributed by atoms with Gasteiger partial charge in [0.05, 0.1) is 18.5 Å². The van der Waals surface area contributed by atoms with Crippen molar-refractivity contribution in [2.45, 2.75) is 25.3 Å². The number of hydrogen-bond donors (Lipinski definition) is 1. The van der Waals surface area contributed by atoms with Crippen molar-refractivity contribution in [3.63, 3.8) is 0 Å². The number of primary amides is 1. The number of carbonyl (C=O) groups is 2. The number of halogens is 1. The van der Waals surface area contributed by atoms with Gasteiger partial charge in [0.15, 0.2) is 0 Å². The zero-order valence-electron chi connectivity index (χ0n) is 16.0. The van der Waals surface area contributed by atoms with Crippen LogP contribution in [0.3, 0.4) is 0 Å². The highest BCUT2D eigenvalue weighted by Crippen LogP contribution is 2.33. The summed E-state index contributed by atoms with van der Waals surface area (Å²) >= 11 is 5.99. The Kier molecular flexibility index (Phi) is 5.69. The Balaban J connectivity index is 1.49. The van der Waals surface area contributed by atoms with Crippen LogP contribution in [0.1, 0.15) is 36.6 Å². The van der Waals surface area contributed by atoms with E-state index in [1.54, 1.807) is 6.26 Å². The van der Waals surface area contributed by atoms with Crippen LogP contribution in [0.2, 0.25) is 5.02 Å². The van der Waals surface area contributed by atoms with E-state index in [2.05, 4.69) is 10.0 Å². The smallest absolute Gasteiger partial charge is 0.257 e. The first-order valence-electron chi connectivity index (χ1n) is 9.72. The first kappa shape index (κ1) is 19.7. The molecule has 1 aromatic carbocycles. The van der Waals surface area contributed by atoms with Crippen LogP contribution in [0.25, 0.3) is 0 Å². The first-order chi connectivity index (χ1) is 14.0. The minimum Gasteiger partial charge on any atom is -0.467 e. The fraction of sp³-hybridized carbons (Fsp3) is 0.381. The van der Waals surface area contributed by atoms with Crippen molar-refractivity contribution in [3.05, 3.63) is 59.0 Å². The SMILES string of the molecule is NC(=O)C1CCN(CC(=O)N2N=C(c3ccc(Cl)cc3)C[C@@H]2c2ccco2)CC1. The van der Waals surface area contributed by atoms with E-state index in [1.165, 1.54) is 5.01 Å². The zero-order valence-corrected chi connectivity index (χ0v) is 16.7. The fourth-order valence-electron chi connectivity index (χ4n) is 3.90. The van der Waals surface area contributed by atoms with Gasteiger partial charge in [-0.3, -0.25) is 14.5 Å². The molecule has 3 heterocycles. The van der Waals surface area contributed by atoms with Gasteiger partial charge < -0.3 is 10.2 Å². The molecule has 0 aliphatic carbocycles. The maximum Gasteiger partial charge on any atom is 0.257 e. The van der Waals surface area contributed by atoms with E-state index in [9.17, 15) is 9.59 Å². The minimum absolute atomic E-state index is 0.0899. The number of hydrazone groups is 1. The minimum atomic E-state index is -0.272. The molecule has 0 radical (unpaired) electrons. The fourth-order valence-corrected chi connectivity index (χ4v) is 4.02. The number of hydrogen-bond acceptors (Lipinski definition) is 5. The van der Waals surface area contributed by atoms with Crippen LogP contribution in [0.5, 0.6) is 0 Å². The third kappa shape index (κ3) is 4.36. The molecule has 2 aliphatic rings. The summed E-state index contributed by atoms with van der Waals surface area (Å²) in [6.45, 7) is 1.60. The second-order valence-electron chi connectivity index (χ2n) is 7.48. The van der Waals surface area contributed by atoms with E-state index in [0.717, 1.165) is 11.3 Å². The van der Waals surface area contributed by atoms with Crippen LogP contribution in [-0.4, -0.2) is 47.1 Å². The molecule has 29 heavy (non-hydrogen) atoms. The molecule has 8 heteroatoms. The Morgan fingerprint density at radius 3 is 2.52 bits per heavy atom. The predicted molar refractivity (Wildman–Crippen MR) is 109 cm³/mol. The van der Waals surface area contributed by atoms with Gasteiger partial charge in [0.25, 0.3) is 5.91 Å². The van der Waals surface area contributed by atoms with Crippen molar-refractivity contribution in [3.8, 4) is 0 Å². The highest BCUT2D eigenvalue weighted by Gasteiger charge is 2.36. The van der Waals surface area contributed by atoms with E-state index in [0.29, 0.717) is 43.1 Å². The van der Waals surface area contributed by atoms with Crippen molar-refractivity contribution in [2.24, 2.45) is 16.8 Å². The van der Waals surface area contributed by atoms with Gasteiger partial charge >= 0.3 is 0 Å². The summed E-state index contributed by atoms with van der Waals surface area (Å²) in [6.07, 6.45) is 3.55. The van der Waals surface area contributed by atoms with Crippen molar-refractivity contribution in [1.82, 2.24) is 9.91 Å². The van der Waals surface area contributed by atoms with Crippen LogP contribution in [-0.2, 0) is 9.59 Å². The van der Waals surface area contributed by atoms with Crippen LogP contribution >= 0.6 is 11.6 Å². The maximum atomic E-state index is 13.1. The van der Waals surface area contributed by atoms with Gasteiger partial charge in [-0.1, -0.05) is 23.7 Å². The number of nitrogens with two attached hydrogens (primary N) is 1. The van der Waals surface area contributed by atoms with E-state index >= 15 is 0 Å². The molecule has 1 aromatic heterocycles. The lowest BCUT2D eigenvalue weighted by atomic mass is 9.96. The molecule has 2 amide bonds. The van der Waals surface area contributed by atoms with Gasteiger partial charge in [-0.25, -0.2) is 5.01 Å². The summed E-state index contributed by atoms with van der Waals surface area (Å²) in [5.74, 6) is 0.260. The normalized spacial score (nSPS) is 20.7. The summed E-state index contributed by atoms with van der Waals surface area (Å²) in [7, 11) is 0. The largest absolute Gasteiger partial charge is 0.467 e. The van der Waals surface area contributed by atoms with E-state index in [-0.39, 0.29) is 30.3 Å². The van der Waals surface area contributed by atoms with Gasteiger partial charge in [-0.05, 0) is 55.8 Å². The predicted octanol–water partition coefficient (Wildman–Crippen LogP) is 2.81. The molecule has 4 rings (SSSR count). The molecule has 0 saturated carbocycles. The number of benzene rings is 1. The molecule has 2 aliphatic heterocycles. The summed E-state index contributed by atoms with van der Waals surface area (Å²) in [6, 6.07) is 10.8. The lowest BCUT2D eigenvalue weighted by molar-refractivity contribution is -0.135. The standard InChI is InChI=1S/C21H23ClN4O3/c22-16-5-3-14(4-6-16)17-12-18(19-2-1-11-29-19)26(24-17)20(27)13-25-9-7-15(8-10-25)21(23)28/h1-6,11,15,18H,7-10,12-13H2,(H2,23,28)/t18-/m1/s1. The van der Waals surface area contributed by atoms with Gasteiger partial charge in [0.1, 0.15) is 11.8 Å². The van der Waals surface area contributed by atoms with Crippen LogP contribution in [0, 0.1) is 5.92 Å². The van der Waals surface area contributed by atoms with Crippen molar-refractivity contribution >= 4 is 29.1 Å². The third-order valence-corrected chi connectivity index (χ3v) is 5.82.